The topological polar surface area (TPSA) is 32.3 Å². The number of carbonyl (C=O) groups is 1. The van der Waals surface area contributed by atoms with Gasteiger partial charge in [0.1, 0.15) is 0 Å². The Labute approximate surface area is 92.5 Å². The van der Waals surface area contributed by atoms with Crippen molar-refractivity contribution in [1.29, 1.82) is 0 Å². The summed E-state index contributed by atoms with van der Waals surface area (Å²) in [7, 11) is 0. The SMILES string of the molecule is CC=CC(=O)N1CC(CC)NCC1CC. The summed E-state index contributed by atoms with van der Waals surface area (Å²) in [6, 6.07) is 0.818. The molecule has 0 aromatic heterocycles. The number of hydrogen-bond donors (Lipinski definition) is 1. The summed E-state index contributed by atoms with van der Waals surface area (Å²) in [5, 5.41) is 3.48. The van der Waals surface area contributed by atoms with Crippen molar-refractivity contribution >= 4 is 5.91 Å². The van der Waals surface area contributed by atoms with Crippen LogP contribution in [0.3, 0.4) is 0 Å². The third-order valence-corrected chi connectivity index (χ3v) is 3.06. The average Bonchev–Trinajstić information content (AvgIpc) is 2.28. The molecular weight excluding hydrogens is 188 g/mol. The van der Waals surface area contributed by atoms with Gasteiger partial charge in [-0.15, -0.1) is 0 Å². The van der Waals surface area contributed by atoms with Gasteiger partial charge < -0.3 is 10.2 Å². The Morgan fingerprint density at radius 2 is 2.20 bits per heavy atom. The van der Waals surface area contributed by atoms with Gasteiger partial charge in [-0.25, -0.2) is 0 Å². The van der Waals surface area contributed by atoms with E-state index in [0.717, 1.165) is 25.9 Å². The molecule has 3 heteroatoms. The van der Waals surface area contributed by atoms with Crippen molar-refractivity contribution in [3.63, 3.8) is 0 Å². The maximum absolute atomic E-state index is 11.8. The van der Waals surface area contributed by atoms with E-state index in [1.807, 2.05) is 17.9 Å². The minimum atomic E-state index is 0.157. The Morgan fingerprint density at radius 3 is 2.73 bits per heavy atom. The predicted octanol–water partition coefficient (Wildman–Crippen LogP) is 1.55. The van der Waals surface area contributed by atoms with Gasteiger partial charge in [0.2, 0.25) is 5.91 Å². The van der Waals surface area contributed by atoms with Crippen molar-refractivity contribution in [2.45, 2.75) is 45.7 Å². The van der Waals surface area contributed by atoms with E-state index in [1.54, 1.807) is 6.08 Å². The Bertz CT molecular complexity index is 238. The zero-order chi connectivity index (χ0) is 11.3. The number of hydrogen-bond acceptors (Lipinski definition) is 2. The van der Waals surface area contributed by atoms with E-state index in [-0.39, 0.29) is 5.91 Å². The van der Waals surface area contributed by atoms with E-state index in [2.05, 4.69) is 19.2 Å². The lowest BCUT2D eigenvalue weighted by molar-refractivity contribution is -0.130. The van der Waals surface area contributed by atoms with Gasteiger partial charge in [-0.3, -0.25) is 4.79 Å². The molecule has 0 spiro atoms. The molecule has 1 aliphatic rings. The molecule has 2 unspecified atom stereocenters. The third kappa shape index (κ3) is 3.06. The first kappa shape index (κ1) is 12.2. The van der Waals surface area contributed by atoms with Crippen LogP contribution in [-0.4, -0.2) is 36.0 Å². The zero-order valence-corrected chi connectivity index (χ0v) is 9.99. The van der Waals surface area contributed by atoms with Gasteiger partial charge >= 0.3 is 0 Å². The fourth-order valence-electron chi connectivity index (χ4n) is 2.01. The summed E-state index contributed by atoms with van der Waals surface area (Å²) in [6.07, 6.45) is 5.58. The summed E-state index contributed by atoms with van der Waals surface area (Å²) in [4.78, 5) is 13.8. The summed E-state index contributed by atoms with van der Waals surface area (Å²) < 4.78 is 0. The van der Waals surface area contributed by atoms with E-state index < -0.39 is 0 Å². The molecule has 0 aromatic carbocycles. The summed E-state index contributed by atoms with van der Waals surface area (Å²) in [5.74, 6) is 0.157. The van der Waals surface area contributed by atoms with Gasteiger partial charge in [-0.05, 0) is 25.8 Å². The minimum Gasteiger partial charge on any atom is -0.333 e. The highest BCUT2D eigenvalue weighted by Gasteiger charge is 2.27. The predicted molar refractivity (Wildman–Crippen MR) is 62.7 cm³/mol. The standard InChI is InChI=1S/C12H22N2O/c1-4-7-12(15)14-9-10(5-2)13-8-11(14)6-3/h4,7,10-11,13H,5-6,8-9H2,1-3H3. The molecule has 1 aliphatic heterocycles. The molecule has 0 aliphatic carbocycles. The number of rotatable bonds is 3. The monoisotopic (exact) mass is 210 g/mol. The highest BCUT2D eigenvalue weighted by Crippen LogP contribution is 2.12. The number of allylic oxidation sites excluding steroid dienone is 1. The van der Waals surface area contributed by atoms with Crippen LogP contribution in [0.5, 0.6) is 0 Å². The van der Waals surface area contributed by atoms with Crippen LogP contribution in [0.2, 0.25) is 0 Å². The summed E-state index contributed by atoms with van der Waals surface area (Å²) >= 11 is 0. The second-order valence-corrected chi connectivity index (χ2v) is 4.07. The van der Waals surface area contributed by atoms with Crippen LogP contribution in [0.25, 0.3) is 0 Å². The molecule has 15 heavy (non-hydrogen) atoms. The van der Waals surface area contributed by atoms with Gasteiger partial charge in [-0.1, -0.05) is 19.9 Å². The lowest BCUT2D eigenvalue weighted by Crippen LogP contribution is -2.57. The largest absolute Gasteiger partial charge is 0.333 e. The van der Waals surface area contributed by atoms with Crippen LogP contribution >= 0.6 is 0 Å². The van der Waals surface area contributed by atoms with Gasteiger partial charge in [0.05, 0.1) is 0 Å². The maximum atomic E-state index is 11.8. The molecule has 2 atom stereocenters. The van der Waals surface area contributed by atoms with Crippen molar-refractivity contribution in [2.24, 2.45) is 0 Å². The number of amides is 1. The van der Waals surface area contributed by atoms with Crippen molar-refractivity contribution < 1.29 is 4.79 Å². The lowest BCUT2D eigenvalue weighted by Gasteiger charge is -2.39. The van der Waals surface area contributed by atoms with Crippen LogP contribution in [-0.2, 0) is 4.79 Å². The zero-order valence-electron chi connectivity index (χ0n) is 9.99. The molecule has 1 rings (SSSR count). The van der Waals surface area contributed by atoms with Gasteiger partial charge in [0.15, 0.2) is 0 Å². The van der Waals surface area contributed by atoms with E-state index in [0.29, 0.717) is 12.1 Å². The Balaban J connectivity index is 2.66. The molecule has 1 N–H and O–H groups in total. The van der Waals surface area contributed by atoms with Crippen molar-refractivity contribution in [3.8, 4) is 0 Å². The normalized spacial score (nSPS) is 27.3. The highest BCUT2D eigenvalue weighted by molar-refractivity contribution is 5.87. The molecule has 0 radical (unpaired) electrons. The van der Waals surface area contributed by atoms with Crippen molar-refractivity contribution in [2.75, 3.05) is 13.1 Å². The van der Waals surface area contributed by atoms with Crippen LogP contribution in [0.15, 0.2) is 12.2 Å². The van der Waals surface area contributed by atoms with E-state index >= 15 is 0 Å². The first-order valence-corrected chi connectivity index (χ1v) is 5.89. The van der Waals surface area contributed by atoms with Gasteiger partial charge in [0.25, 0.3) is 0 Å². The number of nitrogens with one attached hydrogen (secondary N) is 1. The fraction of sp³-hybridized carbons (Fsp3) is 0.750. The number of carbonyl (C=O) groups excluding carboxylic acids is 1. The van der Waals surface area contributed by atoms with E-state index in [4.69, 9.17) is 0 Å². The van der Waals surface area contributed by atoms with Crippen LogP contribution in [0, 0.1) is 0 Å². The minimum absolute atomic E-state index is 0.157. The van der Waals surface area contributed by atoms with Crippen LogP contribution in [0.1, 0.15) is 33.6 Å². The lowest BCUT2D eigenvalue weighted by atomic mass is 10.1. The molecule has 86 valence electrons. The van der Waals surface area contributed by atoms with Crippen molar-refractivity contribution in [1.82, 2.24) is 10.2 Å². The molecule has 3 nitrogen and oxygen atoms in total. The molecule has 1 heterocycles. The first-order chi connectivity index (χ1) is 7.22. The van der Waals surface area contributed by atoms with E-state index in [9.17, 15) is 4.79 Å². The molecule has 1 amide bonds. The number of piperazine rings is 1. The smallest absolute Gasteiger partial charge is 0.246 e. The molecule has 0 saturated carbocycles. The fourth-order valence-corrected chi connectivity index (χ4v) is 2.01. The maximum Gasteiger partial charge on any atom is 0.246 e. The first-order valence-electron chi connectivity index (χ1n) is 5.89. The number of nitrogens with zero attached hydrogens (tertiary/aromatic N) is 1. The van der Waals surface area contributed by atoms with Gasteiger partial charge in [0, 0.05) is 25.2 Å². The molecular formula is C12H22N2O. The van der Waals surface area contributed by atoms with Crippen molar-refractivity contribution in [3.05, 3.63) is 12.2 Å². The summed E-state index contributed by atoms with van der Waals surface area (Å²) in [6.45, 7) is 7.95. The van der Waals surface area contributed by atoms with E-state index in [1.165, 1.54) is 0 Å². The Morgan fingerprint density at radius 1 is 1.47 bits per heavy atom. The molecule has 0 bridgehead atoms. The molecule has 0 aromatic rings. The average molecular weight is 210 g/mol. The highest BCUT2D eigenvalue weighted by atomic mass is 16.2. The second kappa shape index (κ2) is 5.91. The quantitative estimate of drug-likeness (QED) is 0.717. The second-order valence-electron chi connectivity index (χ2n) is 4.07. The Kier molecular flexibility index (Phi) is 4.82. The Hall–Kier alpha value is -0.830. The third-order valence-electron chi connectivity index (χ3n) is 3.06. The molecule has 1 fully saturated rings. The van der Waals surface area contributed by atoms with Gasteiger partial charge in [-0.2, -0.15) is 0 Å². The summed E-state index contributed by atoms with van der Waals surface area (Å²) in [5.41, 5.74) is 0. The van der Waals surface area contributed by atoms with Crippen LogP contribution < -0.4 is 5.32 Å². The molecule has 1 saturated heterocycles. The van der Waals surface area contributed by atoms with Crippen LogP contribution in [0.4, 0.5) is 0 Å².